The number of Topliss-reactive ketones (excluding diaryl/α,β-unsaturated/α-hetero) is 1. The van der Waals surface area contributed by atoms with Gasteiger partial charge in [-0.3, -0.25) is 19.4 Å². The monoisotopic (exact) mass is 787 g/mol. The second kappa shape index (κ2) is 23.4. The van der Waals surface area contributed by atoms with Gasteiger partial charge in [-0.05, 0) is 54.5 Å². The average molecular weight is 788 g/mol. The first kappa shape index (κ1) is 44.1. The summed E-state index contributed by atoms with van der Waals surface area (Å²) in [5.41, 5.74) is 3.36. The summed E-state index contributed by atoms with van der Waals surface area (Å²) in [6.45, 7) is 7.14. The summed E-state index contributed by atoms with van der Waals surface area (Å²) in [6, 6.07) is 16.7. The fourth-order valence-corrected chi connectivity index (χ4v) is 8.13. The van der Waals surface area contributed by atoms with E-state index in [4.69, 9.17) is 4.74 Å². The first-order valence-electron chi connectivity index (χ1n) is 20.1. The number of carbonyl (C=O) groups is 4. The number of amides is 4. The van der Waals surface area contributed by atoms with Gasteiger partial charge in [0.25, 0.3) is 0 Å². The van der Waals surface area contributed by atoms with E-state index in [1.165, 1.54) is 38.2 Å². The minimum absolute atomic E-state index is 0.0128. The molecule has 3 unspecified atom stereocenters. The van der Waals surface area contributed by atoms with Crippen LogP contribution in [-0.4, -0.2) is 95.3 Å². The number of likely N-dealkylation sites (N-methyl/N-ethyl adjacent to an activating group) is 2. The van der Waals surface area contributed by atoms with E-state index in [0.29, 0.717) is 60.2 Å². The van der Waals surface area contributed by atoms with Gasteiger partial charge in [-0.25, -0.2) is 4.79 Å². The predicted octanol–water partition coefficient (Wildman–Crippen LogP) is 7.17. The minimum Gasteiger partial charge on any atom is -0.437 e. The highest BCUT2D eigenvalue weighted by Crippen LogP contribution is 2.33. The Balaban J connectivity index is 0.000000273. The lowest BCUT2D eigenvalue weighted by Gasteiger charge is -2.22. The summed E-state index contributed by atoms with van der Waals surface area (Å²) in [4.78, 5) is 57.9. The van der Waals surface area contributed by atoms with Crippen LogP contribution in [0.4, 0.5) is 10.6 Å². The maximum atomic E-state index is 11.8. The molecule has 0 saturated carbocycles. The van der Waals surface area contributed by atoms with Crippen molar-refractivity contribution in [2.45, 2.75) is 109 Å². The molecule has 3 atom stereocenters. The number of unbranched alkanes of at least 4 members (excludes halogenated alkanes) is 5. The van der Waals surface area contributed by atoms with Gasteiger partial charge in [-0.2, -0.15) is 16.7 Å². The molecule has 2 aromatic carbocycles. The Kier molecular flexibility index (Phi) is 18.4. The highest BCUT2D eigenvalue weighted by atomic mass is 32.2. The standard InChI is InChI=1S/C26H31N5O3.C17H30N2O2S/c1-19(32)28-14-13-21-5-7-22(8-6-21)23-9-11-24(12-10-23)34-26-18-27-17-25(29-26)31(4)16-15-30(3)20(2)33;1-2-3-4-5-6-9-13(20)10-7-8-11-15-16-14(12-22-15)18-17(21)19-16/h5-12,17-18H,13-16H2,1-4H3,(H,28,32);14-16H,2-12H2,1H3,(H2,18,19,21). The fraction of sp³-hybridized carbons (Fsp3) is 0.535. The number of thioether (sulfide) groups is 1. The number of anilines is 1. The molecule has 56 heavy (non-hydrogen) atoms. The van der Waals surface area contributed by atoms with Crippen LogP contribution in [-0.2, 0) is 20.8 Å². The van der Waals surface area contributed by atoms with E-state index in [0.717, 1.165) is 61.8 Å². The molecule has 2 aliphatic heterocycles. The van der Waals surface area contributed by atoms with Crippen LogP contribution in [0.1, 0.15) is 90.5 Å². The van der Waals surface area contributed by atoms with Crippen molar-refractivity contribution in [3.05, 3.63) is 66.5 Å². The Morgan fingerprint density at radius 1 is 0.875 bits per heavy atom. The molecule has 2 saturated heterocycles. The van der Waals surface area contributed by atoms with Crippen molar-refractivity contribution in [2.24, 2.45) is 0 Å². The lowest BCUT2D eigenvalue weighted by Crippen LogP contribution is -2.36. The van der Waals surface area contributed by atoms with E-state index >= 15 is 0 Å². The molecule has 3 aromatic rings. The molecular weight excluding hydrogens is 727 g/mol. The van der Waals surface area contributed by atoms with Crippen molar-refractivity contribution in [3.8, 4) is 22.8 Å². The van der Waals surface area contributed by atoms with E-state index in [9.17, 15) is 19.2 Å². The lowest BCUT2D eigenvalue weighted by atomic mass is 10.0. The van der Waals surface area contributed by atoms with Crippen LogP contribution in [0.2, 0.25) is 0 Å². The molecule has 304 valence electrons. The van der Waals surface area contributed by atoms with Crippen molar-refractivity contribution in [3.63, 3.8) is 0 Å². The smallest absolute Gasteiger partial charge is 0.315 e. The highest BCUT2D eigenvalue weighted by molar-refractivity contribution is 8.00. The van der Waals surface area contributed by atoms with Gasteiger partial charge in [0.15, 0.2) is 5.82 Å². The molecule has 0 spiro atoms. The number of carbonyl (C=O) groups excluding carboxylic acids is 4. The number of urea groups is 1. The summed E-state index contributed by atoms with van der Waals surface area (Å²) in [5.74, 6) is 3.21. The molecule has 3 heterocycles. The molecule has 13 heteroatoms. The highest BCUT2D eigenvalue weighted by Gasteiger charge is 2.42. The van der Waals surface area contributed by atoms with Crippen molar-refractivity contribution in [1.29, 1.82) is 0 Å². The Hall–Kier alpha value is -4.65. The minimum atomic E-state index is -0.0152. The third-order valence-electron chi connectivity index (χ3n) is 10.1. The summed E-state index contributed by atoms with van der Waals surface area (Å²) < 4.78 is 5.91. The molecule has 2 aliphatic rings. The van der Waals surface area contributed by atoms with E-state index in [1.807, 2.05) is 48.0 Å². The fourth-order valence-electron chi connectivity index (χ4n) is 6.59. The number of rotatable bonds is 21. The molecule has 4 amide bonds. The summed E-state index contributed by atoms with van der Waals surface area (Å²) in [5, 5.41) is 9.32. The molecular formula is C43H61N7O5S. The number of benzene rings is 2. The van der Waals surface area contributed by atoms with Gasteiger partial charge in [-0.15, -0.1) is 0 Å². The zero-order valence-corrected chi connectivity index (χ0v) is 34.7. The number of hydrogen-bond acceptors (Lipinski definition) is 9. The number of nitrogens with zero attached hydrogens (tertiary/aromatic N) is 4. The quantitative estimate of drug-likeness (QED) is 0.0756. The van der Waals surface area contributed by atoms with Crippen LogP contribution in [0, 0.1) is 0 Å². The van der Waals surface area contributed by atoms with Gasteiger partial charge in [0.1, 0.15) is 11.5 Å². The zero-order chi connectivity index (χ0) is 40.3. The van der Waals surface area contributed by atoms with Gasteiger partial charge >= 0.3 is 6.03 Å². The van der Waals surface area contributed by atoms with Crippen molar-refractivity contribution < 1.29 is 23.9 Å². The van der Waals surface area contributed by atoms with Crippen LogP contribution >= 0.6 is 11.8 Å². The molecule has 5 rings (SSSR count). The van der Waals surface area contributed by atoms with Gasteiger partial charge < -0.3 is 30.5 Å². The number of ether oxygens (including phenoxy) is 1. The first-order chi connectivity index (χ1) is 27.0. The number of ketones is 1. The second-order valence-corrected chi connectivity index (χ2v) is 16.0. The van der Waals surface area contributed by atoms with Crippen LogP contribution < -0.4 is 25.6 Å². The number of hydrogen-bond donors (Lipinski definition) is 3. The number of nitrogens with one attached hydrogen (secondary N) is 3. The Labute approximate surface area is 337 Å². The van der Waals surface area contributed by atoms with Gasteiger partial charge in [-0.1, -0.05) is 75.4 Å². The van der Waals surface area contributed by atoms with Crippen LogP contribution in [0.25, 0.3) is 11.1 Å². The third kappa shape index (κ3) is 15.1. The van der Waals surface area contributed by atoms with Crippen molar-refractivity contribution >= 4 is 41.2 Å². The third-order valence-corrected chi connectivity index (χ3v) is 11.7. The van der Waals surface area contributed by atoms with E-state index in [1.54, 1.807) is 31.3 Å². The topological polar surface area (TPSA) is 146 Å². The van der Waals surface area contributed by atoms with Gasteiger partial charge in [0.05, 0.1) is 24.5 Å². The normalized spacial score (nSPS) is 16.8. The number of aromatic nitrogens is 2. The SMILES string of the molecule is CC(=O)NCCc1ccc(-c2ccc(Oc3cncc(N(C)CCN(C)C(C)=O)n3)cc2)cc1.CCCCCCCC(=O)CCCCC1SCC2NC(=O)NC21. The second-order valence-electron chi connectivity index (χ2n) is 14.7. The average Bonchev–Trinajstić information content (AvgIpc) is 3.75. The van der Waals surface area contributed by atoms with Gasteiger partial charge in [0, 0.05) is 71.4 Å². The van der Waals surface area contributed by atoms with E-state index in [2.05, 4.69) is 57.1 Å². The largest absolute Gasteiger partial charge is 0.437 e. The van der Waals surface area contributed by atoms with Crippen LogP contribution in [0.3, 0.4) is 0 Å². The van der Waals surface area contributed by atoms with Gasteiger partial charge in [0.2, 0.25) is 17.7 Å². The maximum Gasteiger partial charge on any atom is 0.315 e. The Bertz CT molecular complexity index is 1690. The molecule has 0 bridgehead atoms. The molecule has 0 radical (unpaired) electrons. The van der Waals surface area contributed by atoms with Crippen molar-refractivity contribution in [2.75, 3.05) is 44.4 Å². The predicted molar refractivity (Wildman–Crippen MR) is 225 cm³/mol. The lowest BCUT2D eigenvalue weighted by molar-refractivity contribution is -0.127. The first-order valence-corrected chi connectivity index (χ1v) is 21.1. The molecule has 2 fully saturated rings. The van der Waals surface area contributed by atoms with E-state index < -0.39 is 0 Å². The van der Waals surface area contributed by atoms with Crippen LogP contribution in [0.15, 0.2) is 60.9 Å². The van der Waals surface area contributed by atoms with E-state index in [-0.39, 0.29) is 17.8 Å². The molecule has 0 aliphatic carbocycles. The Morgan fingerprint density at radius 3 is 2.23 bits per heavy atom. The summed E-state index contributed by atoms with van der Waals surface area (Å²) >= 11 is 1.95. The maximum absolute atomic E-state index is 11.8. The Morgan fingerprint density at radius 2 is 1.55 bits per heavy atom. The molecule has 3 N–H and O–H groups in total. The number of fused-ring (bicyclic) bond motifs is 1. The summed E-state index contributed by atoms with van der Waals surface area (Å²) in [6.07, 6.45) is 14.9. The zero-order valence-electron chi connectivity index (χ0n) is 33.9. The summed E-state index contributed by atoms with van der Waals surface area (Å²) in [7, 11) is 3.68. The molecule has 12 nitrogen and oxygen atoms in total. The molecule has 1 aromatic heterocycles. The van der Waals surface area contributed by atoms with Crippen molar-refractivity contribution in [1.82, 2.24) is 30.8 Å². The van der Waals surface area contributed by atoms with Crippen LogP contribution in [0.5, 0.6) is 11.6 Å².